The van der Waals surface area contributed by atoms with Crippen LogP contribution in [0.3, 0.4) is 0 Å². The minimum Gasteiger partial charge on any atom is -0.383 e. The first-order chi connectivity index (χ1) is 9.71. The molecule has 21 heavy (non-hydrogen) atoms. The van der Waals surface area contributed by atoms with Crippen molar-refractivity contribution in [2.45, 2.75) is 52.1 Å². The van der Waals surface area contributed by atoms with E-state index in [0.717, 1.165) is 25.7 Å². The van der Waals surface area contributed by atoms with Crippen molar-refractivity contribution in [2.24, 2.45) is 11.1 Å². The maximum atomic E-state index is 11.4. The van der Waals surface area contributed by atoms with Crippen LogP contribution in [0, 0.1) is 12.3 Å². The molecule has 6 nitrogen and oxygen atoms in total. The third kappa shape index (κ3) is 2.85. The number of aromatic nitrogens is 2. The lowest BCUT2D eigenvalue weighted by Crippen LogP contribution is -2.38. The second-order valence-electron chi connectivity index (χ2n) is 6.62. The second-order valence-corrected chi connectivity index (χ2v) is 6.62. The highest BCUT2D eigenvalue weighted by molar-refractivity contribution is 5.98. The number of carbonyl (C=O) groups is 1. The summed E-state index contributed by atoms with van der Waals surface area (Å²) in [4.78, 5) is 20.2. The number of aryl methyl sites for hydroxylation is 1. The molecule has 0 radical (unpaired) electrons. The van der Waals surface area contributed by atoms with Gasteiger partial charge in [0.2, 0.25) is 0 Å². The summed E-state index contributed by atoms with van der Waals surface area (Å²) in [5.74, 6) is 0.0829. The summed E-state index contributed by atoms with van der Waals surface area (Å²) in [6.07, 6.45) is 3.73. The topological polar surface area (TPSA) is 104 Å². The van der Waals surface area contributed by atoms with E-state index in [2.05, 4.69) is 23.8 Å². The summed E-state index contributed by atoms with van der Waals surface area (Å²) in [7, 11) is 1.68. The number of nitrogen functional groups attached to an aromatic ring is 1. The maximum Gasteiger partial charge on any atom is 0.254 e. The number of primary amides is 1. The van der Waals surface area contributed by atoms with Gasteiger partial charge in [-0.15, -0.1) is 0 Å². The smallest absolute Gasteiger partial charge is 0.254 e. The van der Waals surface area contributed by atoms with Gasteiger partial charge in [0.15, 0.2) is 5.82 Å². The zero-order chi connectivity index (χ0) is 15.8. The molecule has 1 aliphatic carbocycles. The van der Waals surface area contributed by atoms with E-state index in [1.165, 1.54) is 0 Å². The lowest BCUT2D eigenvalue weighted by molar-refractivity contribution is -0.0729. The Morgan fingerprint density at radius 3 is 2.19 bits per heavy atom. The minimum absolute atomic E-state index is 0.131. The fourth-order valence-electron chi connectivity index (χ4n) is 2.95. The molecule has 116 valence electrons. The van der Waals surface area contributed by atoms with Crippen LogP contribution >= 0.6 is 0 Å². The van der Waals surface area contributed by atoms with Crippen molar-refractivity contribution in [3.63, 3.8) is 0 Å². The fourth-order valence-corrected chi connectivity index (χ4v) is 2.95. The molecule has 0 atom stereocenters. The minimum atomic E-state index is -0.604. The molecule has 1 fully saturated rings. The SMILES string of the molecule is COC1(c2nc(C)c(C(N)=O)c(N)n2)CCC(C)(C)CC1. The third-order valence-corrected chi connectivity index (χ3v) is 4.57. The highest BCUT2D eigenvalue weighted by atomic mass is 16.5. The van der Waals surface area contributed by atoms with Crippen molar-refractivity contribution in [2.75, 3.05) is 12.8 Å². The average Bonchev–Trinajstić information content (AvgIpc) is 2.38. The zero-order valence-corrected chi connectivity index (χ0v) is 13.2. The van der Waals surface area contributed by atoms with Crippen LogP contribution in [0.25, 0.3) is 0 Å². The Bertz CT molecular complexity index is 536. The maximum absolute atomic E-state index is 11.4. The van der Waals surface area contributed by atoms with Gasteiger partial charge >= 0.3 is 0 Å². The van der Waals surface area contributed by atoms with Gasteiger partial charge in [-0.05, 0) is 38.0 Å². The molecule has 0 aromatic carbocycles. The molecule has 0 spiro atoms. The summed E-state index contributed by atoms with van der Waals surface area (Å²) in [6, 6.07) is 0. The second kappa shape index (κ2) is 5.26. The molecule has 1 aromatic rings. The predicted octanol–water partition coefficient (Wildman–Crippen LogP) is 1.91. The summed E-state index contributed by atoms with van der Waals surface area (Å²) in [5.41, 5.74) is 11.7. The molecular weight excluding hydrogens is 268 g/mol. The quantitative estimate of drug-likeness (QED) is 0.885. The number of methoxy groups -OCH3 is 1. The summed E-state index contributed by atoms with van der Waals surface area (Å²) in [6.45, 7) is 6.23. The Labute approximate surface area is 125 Å². The Kier molecular flexibility index (Phi) is 3.93. The van der Waals surface area contributed by atoms with Crippen molar-refractivity contribution < 1.29 is 9.53 Å². The molecule has 6 heteroatoms. The first kappa shape index (κ1) is 15.7. The average molecular weight is 292 g/mol. The lowest BCUT2D eigenvalue weighted by Gasteiger charge is -2.41. The normalized spacial score (nSPS) is 20.2. The Morgan fingerprint density at radius 1 is 1.19 bits per heavy atom. The summed E-state index contributed by atoms with van der Waals surface area (Å²) in [5, 5.41) is 0. The van der Waals surface area contributed by atoms with Gasteiger partial charge in [-0.2, -0.15) is 0 Å². The van der Waals surface area contributed by atoms with Gasteiger partial charge in [0.05, 0.1) is 5.69 Å². The van der Waals surface area contributed by atoms with Crippen molar-refractivity contribution in [3.05, 3.63) is 17.1 Å². The monoisotopic (exact) mass is 292 g/mol. The molecule has 1 aromatic heterocycles. The molecule has 0 saturated heterocycles. The molecule has 1 saturated carbocycles. The van der Waals surface area contributed by atoms with Crippen molar-refractivity contribution in [3.8, 4) is 0 Å². The van der Waals surface area contributed by atoms with Gasteiger partial charge in [-0.3, -0.25) is 4.79 Å². The van der Waals surface area contributed by atoms with E-state index in [9.17, 15) is 4.79 Å². The fraction of sp³-hybridized carbons (Fsp3) is 0.667. The highest BCUT2D eigenvalue weighted by Crippen LogP contribution is 2.46. The van der Waals surface area contributed by atoms with Gasteiger partial charge in [-0.25, -0.2) is 9.97 Å². The molecule has 1 heterocycles. The van der Waals surface area contributed by atoms with Crippen LogP contribution in [0.15, 0.2) is 0 Å². The molecule has 0 bridgehead atoms. The van der Waals surface area contributed by atoms with E-state index < -0.39 is 11.5 Å². The van der Waals surface area contributed by atoms with Gasteiger partial charge in [0.1, 0.15) is 17.0 Å². The number of anilines is 1. The van der Waals surface area contributed by atoms with Crippen LogP contribution in [0.1, 0.15) is 61.4 Å². The molecule has 1 amide bonds. The van der Waals surface area contributed by atoms with Gasteiger partial charge in [0, 0.05) is 7.11 Å². The molecular formula is C15H24N4O2. The number of rotatable bonds is 3. The summed E-state index contributed by atoms with van der Waals surface area (Å²) < 4.78 is 5.77. The van der Waals surface area contributed by atoms with Crippen LogP contribution in [0.5, 0.6) is 0 Å². The largest absolute Gasteiger partial charge is 0.383 e. The van der Waals surface area contributed by atoms with E-state index in [0.29, 0.717) is 16.9 Å². The highest BCUT2D eigenvalue weighted by Gasteiger charge is 2.42. The van der Waals surface area contributed by atoms with E-state index >= 15 is 0 Å². The van der Waals surface area contributed by atoms with Crippen molar-refractivity contribution >= 4 is 11.7 Å². The number of nitrogens with two attached hydrogens (primary N) is 2. The van der Waals surface area contributed by atoms with Crippen LogP contribution < -0.4 is 11.5 Å². The van der Waals surface area contributed by atoms with Crippen LogP contribution in [-0.2, 0) is 10.3 Å². The van der Waals surface area contributed by atoms with Crippen LogP contribution in [0.4, 0.5) is 5.82 Å². The lowest BCUT2D eigenvalue weighted by atomic mass is 9.70. The molecule has 1 aliphatic rings. The first-order valence-electron chi connectivity index (χ1n) is 7.20. The van der Waals surface area contributed by atoms with Gasteiger partial charge < -0.3 is 16.2 Å². The molecule has 2 rings (SSSR count). The zero-order valence-electron chi connectivity index (χ0n) is 13.2. The van der Waals surface area contributed by atoms with Gasteiger partial charge in [0.25, 0.3) is 5.91 Å². The van der Waals surface area contributed by atoms with E-state index in [1.54, 1.807) is 14.0 Å². The predicted molar refractivity (Wildman–Crippen MR) is 80.6 cm³/mol. The molecule has 0 aliphatic heterocycles. The standard InChI is InChI=1S/C15H24N4O2/c1-9-10(12(17)20)11(16)19-13(18-9)15(21-4)7-5-14(2,3)6-8-15/h5-8H2,1-4H3,(H2,17,20)(H2,16,18,19). The number of nitrogens with zero attached hydrogens (tertiary/aromatic N) is 2. The molecule has 4 N–H and O–H groups in total. The number of hydrogen-bond acceptors (Lipinski definition) is 5. The van der Waals surface area contributed by atoms with Crippen LogP contribution in [-0.4, -0.2) is 23.0 Å². The van der Waals surface area contributed by atoms with Gasteiger partial charge in [-0.1, -0.05) is 13.8 Å². The van der Waals surface area contributed by atoms with Crippen molar-refractivity contribution in [1.29, 1.82) is 0 Å². The number of hydrogen-bond donors (Lipinski definition) is 2. The number of carbonyl (C=O) groups excluding carboxylic acids is 1. The third-order valence-electron chi connectivity index (χ3n) is 4.57. The van der Waals surface area contributed by atoms with E-state index in [-0.39, 0.29) is 11.4 Å². The van der Waals surface area contributed by atoms with Crippen molar-refractivity contribution in [1.82, 2.24) is 9.97 Å². The number of amides is 1. The summed E-state index contributed by atoms with van der Waals surface area (Å²) >= 11 is 0. The van der Waals surface area contributed by atoms with E-state index in [4.69, 9.17) is 16.2 Å². The Hall–Kier alpha value is -1.69. The number of ether oxygens (including phenoxy) is 1. The Morgan fingerprint density at radius 2 is 1.76 bits per heavy atom. The van der Waals surface area contributed by atoms with E-state index in [1.807, 2.05) is 0 Å². The van der Waals surface area contributed by atoms with Crippen LogP contribution in [0.2, 0.25) is 0 Å². The first-order valence-corrected chi connectivity index (χ1v) is 7.20. The molecule has 0 unspecified atom stereocenters. The Balaban J connectivity index is 2.43.